The molecule has 0 spiro atoms. The van der Waals surface area contributed by atoms with Crippen LogP contribution in [-0.4, -0.2) is 152 Å². The second-order valence-electron chi connectivity index (χ2n) is 9.65. The first-order valence-electron chi connectivity index (χ1n) is 11.6. The number of aliphatic hydroxyl groups excluding tert-OH is 8. The zero-order valence-corrected chi connectivity index (χ0v) is 20.4. The number of amides is 1. The average Bonchev–Trinajstić information content (AvgIpc) is 2.84. The molecular formula is C21H37NO15. The molecule has 2 aliphatic rings. The topological polar surface area (TPSA) is 265 Å². The first-order valence-corrected chi connectivity index (χ1v) is 11.6. The highest BCUT2D eigenvalue weighted by Gasteiger charge is 2.49. The zero-order chi connectivity index (χ0) is 28.1. The summed E-state index contributed by atoms with van der Waals surface area (Å²) in [6.45, 7) is 0.772. The van der Waals surface area contributed by atoms with Crippen molar-refractivity contribution >= 4 is 11.9 Å². The summed E-state index contributed by atoms with van der Waals surface area (Å²) >= 11 is 0. The Morgan fingerprint density at radius 1 is 0.838 bits per heavy atom. The van der Waals surface area contributed by atoms with Gasteiger partial charge in [0.25, 0.3) is 0 Å². The molecule has 16 heteroatoms. The van der Waals surface area contributed by atoms with E-state index in [9.17, 15) is 50.4 Å². The summed E-state index contributed by atoms with van der Waals surface area (Å²) in [6.07, 6.45) is -18.1. The van der Waals surface area contributed by atoms with Crippen molar-refractivity contribution in [1.29, 1.82) is 0 Å². The quantitative estimate of drug-likeness (QED) is 0.110. The van der Waals surface area contributed by atoms with Crippen LogP contribution in [0.25, 0.3) is 0 Å². The smallest absolute Gasteiger partial charge is 0.305 e. The van der Waals surface area contributed by atoms with E-state index in [1.807, 2.05) is 0 Å². The van der Waals surface area contributed by atoms with Gasteiger partial charge in [0, 0.05) is 12.0 Å². The predicted octanol–water partition coefficient (Wildman–Crippen LogP) is -5.39. The van der Waals surface area contributed by atoms with Crippen LogP contribution in [0.15, 0.2) is 0 Å². The fraction of sp³-hybridized carbons (Fsp3) is 0.905. The number of hydrogen-bond donors (Lipinski definition) is 10. The van der Waals surface area contributed by atoms with Gasteiger partial charge in [-0.3, -0.25) is 9.59 Å². The van der Waals surface area contributed by atoms with Gasteiger partial charge in [0.1, 0.15) is 54.9 Å². The molecule has 216 valence electrons. The van der Waals surface area contributed by atoms with Crippen LogP contribution in [0.5, 0.6) is 0 Å². The van der Waals surface area contributed by atoms with Crippen LogP contribution in [0, 0.1) is 5.41 Å². The van der Waals surface area contributed by atoms with Crippen LogP contribution in [-0.2, 0) is 28.5 Å². The molecule has 0 bridgehead atoms. The number of carboxylic acid groups (broad SMARTS) is 1. The summed E-state index contributed by atoms with van der Waals surface area (Å²) in [6, 6.07) is 0. The summed E-state index contributed by atoms with van der Waals surface area (Å²) in [5.74, 6) is -2.04. The van der Waals surface area contributed by atoms with Crippen LogP contribution in [0.4, 0.5) is 0 Å². The van der Waals surface area contributed by atoms with Crippen molar-refractivity contribution < 1.29 is 74.5 Å². The lowest BCUT2D eigenvalue weighted by Crippen LogP contribution is -2.62. The maximum atomic E-state index is 13.0. The maximum Gasteiger partial charge on any atom is 0.305 e. The predicted molar refractivity (Wildman–Crippen MR) is 117 cm³/mol. The number of hydrogen-bond acceptors (Lipinski definition) is 14. The molecule has 2 rings (SSSR count). The van der Waals surface area contributed by atoms with Gasteiger partial charge in [0.2, 0.25) is 5.91 Å². The Morgan fingerprint density at radius 3 is 1.81 bits per heavy atom. The van der Waals surface area contributed by atoms with Crippen molar-refractivity contribution in [1.82, 2.24) is 5.32 Å². The van der Waals surface area contributed by atoms with Crippen LogP contribution >= 0.6 is 0 Å². The normalized spacial score (nSPS) is 37.7. The molecule has 1 amide bonds. The number of carbonyl (C=O) groups is 2. The molecule has 2 aliphatic heterocycles. The summed E-state index contributed by atoms with van der Waals surface area (Å²) in [5, 5.41) is 90.4. The molecule has 0 aromatic rings. The van der Waals surface area contributed by atoms with E-state index < -0.39 is 111 Å². The van der Waals surface area contributed by atoms with Crippen LogP contribution in [0.3, 0.4) is 0 Å². The molecule has 16 nitrogen and oxygen atoms in total. The minimum atomic E-state index is -1.84. The van der Waals surface area contributed by atoms with Crippen molar-refractivity contribution in [2.24, 2.45) is 5.41 Å². The van der Waals surface area contributed by atoms with Gasteiger partial charge in [0.15, 0.2) is 12.6 Å². The largest absolute Gasteiger partial charge is 0.481 e. The summed E-state index contributed by atoms with van der Waals surface area (Å²) in [4.78, 5) is 23.8. The first-order chi connectivity index (χ1) is 17.2. The highest BCUT2D eigenvalue weighted by molar-refractivity contribution is 5.82. The second-order valence-corrected chi connectivity index (χ2v) is 9.65. The third kappa shape index (κ3) is 7.75. The number of carbonyl (C=O) groups excluding carboxylic acids is 1. The van der Waals surface area contributed by atoms with E-state index in [4.69, 9.17) is 24.1 Å². The molecule has 0 aliphatic carbocycles. The number of nitrogens with one attached hydrogen (secondary N) is 1. The first kappa shape index (κ1) is 31.7. The molecule has 1 unspecified atom stereocenters. The van der Waals surface area contributed by atoms with Crippen molar-refractivity contribution in [3.63, 3.8) is 0 Å². The van der Waals surface area contributed by atoms with E-state index in [-0.39, 0.29) is 6.54 Å². The van der Waals surface area contributed by atoms with Crippen molar-refractivity contribution in [3.8, 4) is 0 Å². The molecule has 11 atom stereocenters. The van der Waals surface area contributed by atoms with E-state index in [0.717, 1.165) is 0 Å². The lowest BCUT2D eigenvalue weighted by molar-refractivity contribution is -0.324. The Morgan fingerprint density at radius 2 is 1.32 bits per heavy atom. The van der Waals surface area contributed by atoms with E-state index in [1.165, 1.54) is 13.8 Å². The van der Waals surface area contributed by atoms with Gasteiger partial charge in [-0.2, -0.15) is 0 Å². The van der Waals surface area contributed by atoms with Gasteiger partial charge in [-0.25, -0.2) is 0 Å². The Hall–Kier alpha value is -1.54. The summed E-state index contributed by atoms with van der Waals surface area (Å²) in [7, 11) is 0. The molecule has 2 fully saturated rings. The Bertz CT molecular complexity index is 749. The van der Waals surface area contributed by atoms with Gasteiger partial charge in [-0.1, -0.05) is 13.8 Å². The van der Waals surface area contributed by atoms with Crippen LogP contribution in [0.2, 0.25) is 0 Å². The SMILES string of the molecule is CC(C)(CO[C@@H]1O[C@H](CO)[C@H](O)[C@H](O)[C@H]1O)C(O[C@@H]1O[C@H](CO)[C@H](O)[C@H](O)[C@H]1O)C(=O)NCCC(=O)O. The van der Waals surface area contributed by atoms with E-state index >= 15 is 0 Å². The lowest BCUT2D eigenvalue weighted by Gasteiger charge is -2.44. The Balaban J connectivity index is 2.20. The van der Waals surface area contributed by atoms with Gasteiger partial charge in [-0.15, -0.1) is 0 Å². The van der Waals surface area contributed by atoms with Crippen molar-refractivity contribution in [2.75, 3.05) is 26.4 Å². The van der Waals surface area contributed by atoms with Crippen molar-refractivity contribution in [3.05, 3.63) is 0 Å². The number of aliphatic hydroxyl groups is 8. The molecule has 0 aromatic heterocycles. The van der Waals surface area contributed by atoms with Crippen LogP contribution in [0.1, 0.15) is 20.3 Å². The minimum absolute atomic E-state index is 0.285. The van der Waals surface area contributed by atoms with Gasteiger partial charge < -0.3 is 70.2 Å². The van der Waals surface area contributed by atoms with E-state index in [2.05, 4.69) is 5.32 Å². The third-order valence-corrected chi connectivity index (χ3v) is 6.17. The van der Waals surface area contributed by atoms with Gasteiger partial charge >= 0.3 is 5.97 Å². The molecular weight excluding hydrogens is 506 g/mol. The Labute approximate surface area is 212 Å². The monoisotopic (exact) mass is 543 g/mol. The van der Waals surface area contributed by atoms with Crippen molar-refractivity contribution in [2.45, 2.75) is 87.8 Å². The molecule has 0 radical (unpaired) electrons. The van der Waals surface area contributed by atoms with Gasteiger partial charge in [0.05, 0.1) is 26.2 Å². The molecule has 2 heterocycles. The molecule has 2 saturated heterocycles. The van der Waals surface area contributed by atoms with Crippen LogP contribution < -0.4 is 5.32 Å². The minimum Gasteiger partial charge on any atom is -0.481 e. The fourth-order valence-electron chi connectivity index (χ4n) is 3.88. The van der Waals surface area contributed by atoms with E-state index in [0.29, 0.717) is 0 Å². The highest BCUT2D eigenvalue weighted by atomic mass is 16.7. The molecule has 0 aromatic carbocycles. The second kappa shape index (κ2) is 13.5. The highest BCUT2D eigenvalue weighted by Crippen LogP contribution is 2.31. The molecule has 37 heavy (non-hydrogen) atoms. The zero-order valence-electron chi connectivity index (χ0n) is 20.4. The number of carboxylic acids is 1. The molecule has 0 saturated carbocycles. The summed E-state index contributed by atoms with van der Waals surface area (Å²) < 4.78 is 21.8. The number of rotatable bonds is 12. The van der Waals surface area contributed by atoms with Gasteiger partial charge in [-0.05, 0) is 0 Å². The van der Waals surface area contributed by atoms with E-state index in [1.54, 1.807) is 0 Å². The maximum absolute atomic E-state index is 13.0. The number of aliphatic carboxylic acids is 1. The summed E-state index contributed by atoms with van der Waals surface area (Å²) in [5.41, 5.74) is -1.36. The standard InChI is InChI=1S/C21H37NO15/c1-21(2,7-34-19-15(31)13(29)11(27)8(5-23)35-19)17(18(33)22-4-3-10(25)26)37-20-16(32)14(30)12(28)9(6-24)36-20/h8-9,11-17,19-20,23-24,27-32H,3-7H2,1-2H3,(H,22,33)(H,25,26)/t8-,9-,11+,12+,13+,14+,15-,16-,17?,19-,20+/m1/s1. The third-order valence-electron chi connectivity index (χ3n) is 6.17. The average molecular weight is 544 g/mol. The number of ether oxygens (including phenoxy) is 4. The fourth-order valence-corrected chi connectivity index (χ4v) is 3.88. The lowest BCUT2D eigenvalue weighted by atomic mass is 9.86. The molecule has 10 N–H and O–H groups in total. The Kier molecular flexibility index (Phi) is 11.6.